The molecule has 2 atom stereocenters. The summed E-state index contributed by atoms with van der Waals surface area (Å²) in [4.78, 5) is 30.7. The van der Waals surface area contributed by atoms with Gasteiger partial charge in [0.1, 0.15) is 0 Å². The van der Waals surface area contributed by atoms with Crippen molar-refractivity contribution in [3.63, 3.8) is 0 Å². The summed E-state index contributed by atoms with van der Waals surface area (Å²) in [6.07, 6.45) is 0.944. The highest BCUT2D eigenvalue weighted by Gasteiger charge is 2.46. The lowest BCUT2D eigenvalue weighted by atomic mass is 10.2. The Hall–Kier alpha value is -2.80. The fourth-order valence-electron chi connectivity index (χ4n) is 4.11. The Morgan fingerprint density at radius 3 is 2.62 bits per heavy atom. The van der Waals surface area contributed by atoms with Gasteiger partial charge in [-0.2, -0.15) is 0 Å². The van der Waals surface area contributed by atoms with Crippen LogP contribution in [-0.4, -0.2) is 54.9 Å². The van der Waals surface area contributed by atoms with Crippen molar-refractivity contribution in [1.29, 1.82) is 0 Å². The van der Waals surface area contributed by atoms with Gasteiger partial charge in [-0.15, -0.1) is 11.3 Å². The maximum Gasteiger partial charge on any atom is 0.289 e. The molecule has 3 aromatic rings. The van der Waals surface area contributed by atoms with Crippen LogP contribution in [0.3, 0.4) is 0 Å². The van der Waals surface area contributed by atoms with Crippen LogP contribution in [0.5, 0.6) is 5.75 Å². The molecule has 1 aromatic carbocycles. The third-order valence-corrected chi connectivity index (χ3v) is 6.84. The molecule has 0 radical (unpaired) electrons. The van der Waals surface area contributed by atoms with Crippen LogP contribution in [0.2, 0.25) is 0 Å². The summed E-state index contributed by atoms with van der Waals surface area (Å²) in [7, 11) is 1.58. The van der Waals surface area contributed by atoms with E-state index in [1.807, 2.05) is 29.2 Å². The van der Waals surface area contributed by atoms with Crippen LogP contribution in [-0.2, 0) is 4.79 Å². The fraction of sp³-hybridized carbons (Fsp3) is 0.364. The standard InChI is InChI=1S/C22H22N2O4S/c1-27-17-5-2-4-14-12-18(28-20(14)17)22(26)24-9-7-23(8-10-24)21(25)16-13-15(16)19-6-3-11-29-19/h2-6,11-12,15-16H,7-10,13H2,1H3. The van der Waals surface area contributed by atoms with Gasteiger partial charge >= 0.3 is 0 Å². The molecule has 7 heteroatoms. The molecule has 1 aliphatic heterocycles. The van der Waals surface area contributed by atoms with Crippen molar-refractivity contribution in [2.45, 2.75) is 12.3 Å². The van der Waals surface area contributed by atoms with E-state index in [-0.39, 0.29) is 17.7 Å². The molecule has 150 valence electrons. The first-order chi connectivity index (χ1) is 14.2. The van der Waals surface area contributed by atoms with Gasteiger partial charge in [0.25, 0.3) is 5.91 Å². The molecule has 5 rings (SSSR count). The maximum atomic E-state index is 12.9. The normalized spacial score (nSPS) is 21.4. The van der Waals surface area contributed by atoms with Crippen LogP contribution in [0.1, 0.15) is 27.8 Å². The molecule has 3 heterocycles. The van der Waals surface area contributed by atoms with E-state index in [2.05, 4.69) is 11.4 Å². The number of hydrogen-bond donors (Lipinski definition) is 0. The number of nitrogens with zero attached hydrogens (tertiary/aromatic N) is 2. The van der Waals surface area contributed by atoms with Gasteiger partial charge in [-0.3, -0.25) is 9.59 Å². The Bertz CT molecular complexity index is 1050. The summed E-state index contributed by atoms with van der Waals surface area (Å²) in [5.41, 5.74) is 0.584. The fourth-order valence-corrected chi connectivity index (χ4v) is 5.01. The second-order valence-corrected chi connectivity index (χ2v) is 8.55. The number of carbonyl (C=O) groups excluding carboxylic acids is 2. The topological polar surface area (TPSA) is 63.0 Å². The van der Waals surface area contributed by atoms with Crippen LogP contribution in [0.25, 0.3) is 11.0 Å². The summed E-state index contributed by atoms with van der Waals surface area (Å²) in [6.45, 7) is 2.19. The molecular formula is C22H22N2O4S. The van der Waals surface area contributed by atoms with E-state index in [9.17, 15) is 9.59 Å². The number of carbonyl (C=O) groups is 2. The summed E-state index contributed by atoms with van der Waals surface area (Å²) < 4.78 is 11.1. The van der Waals surface area contributed by atoms with Gasteiger partial charge in [0.15, 0.2) is 17.1 Å². The van der Waals surface area contributed by atoms with Crippen molar-refractivity contribution in [3.05, 3.63) is 52.4 Å². The minimum atomic E-state index is -0.141. The molecule has 2 aliphatic rings. The average molecular weight is 410 g/mol. The van der Waals surface area contributed by atoms with Gasteiger partial charge in [0.05, 0.1) is 7.11 Å². The third-order valence-electron chi connectivity index (χ3n) is 5.83. The maximum absolute atomic E-state index is 12.9. The second kappa shape index (κ2) is 7.22. The quantitative estimate of drug-likeness (QED) is 0.659. The van der Waals surface area contributed by atoms with Crippen LogP contribution in [0.4, 0.5) is 0 Å². The average Bonchev–Trinajstić information content (AvgIpc) is 3.16. The van der Waals surface area contributed by atoms with Crippen molar-refractivity contribution in [2.24, 2.45) is 5.92 Å². The summed E-state index contributed by atoms with van der Waals surface area (Å²) in [5, 5.41) is 2.91. The molecular weight excluding hydrogens is 388 g/mol. The summed E-state index contributed by atoms with van der Waals surface area (Å²) in [5.74, 6) is 1.50. The molecule has 1 saturated heterocycles. The second-order valence-electron chi connectivity index (χ2n) is 7.57. The van der Waals surface area contributed by atoms with Gasteiger partial charge in [-0.25, -0.2) is 0 Å². The van der Waals surface area contributed by atoms with Gasteiger partial charge < -0.3 is 19.0 Å². The smallest absolute Gasteiger partial charge is 0.289 e. The number of piperazine rings is 1. The molecule has 2 amide bonds. The van der Waals surface area contributed by atoms with Gasteiger partial charge in [0, 0.05) is 48.3 Å². The van der Waals surface area contributed by atoms with Gasteiger partial charge in [0.2, 0.25) is 5.91 Å². The van der Waals surface area contributed by atoms with E-state index in [0.29, 0.717) is 49.2 Å². The first-order valence-electron chi connectivity index (χ1n) is 9.83. The molecule has 2 aromatic heterocycles. The van der Waals surface area contributed by atoms with Crippen LogP contribution < -0.4 is 4.74 Å². The number of amides is 2. The van der Waals surface area contributed by atoms with Crippen molar-refractivity contribution in [1.82, 2.24) is 9.80 Å². The predicted molar refractivity (Wildman–Crippen MR) is 110 cm³/mol. The molecule has 0 bridgehead atoms. The van der Waals surface area contributed by atoms with Crippen molar-refractivity contribution < 1.29 is 18.7 Å². The number of methoxy groups -OCH3 is 1. The lowest BCUT2D eigenvalue weighted by molar-refractivity contribution is -0.134. The van der Waals surface area contributed by atoms with Crippen molar-refractivity contribution in [3.8, 4) is 5.75 Å². The number of thiophene rings is 1. The van der Waals surface area contributed by atoms with E-state index >= 15 is 0 Å². The summed E-state index contributed by atoms with van der Waals surface area (Å²) in [6, 6.07) is 11.5. The first-order valence-corrected chi connectivity index (χ1v) is 10.7. The largest absolute Gasteiger partial charge is 0.493 e. The number of fused-ring (bicyclic) bond motifs is 1. The highest BCUT2D eigenvalue weighted by Crippen LogP contribution is 2.50. The summed E-state index contributed by atoms with van der Waals surface area (Å²) >= 11 is 1.72. The Labute approximate surface area is 172 Å². The highest BCUT2D eigenvalue weighted by atomic mass is 32.1. The van der Waals surface area contributed by atoms with E-state index in [0.717, 1.165) is 11.8 Å². The van der Waals surface area contributed by atoms with E-state index in [1.54, 1.807) is 29.4 Å². The van der Waals surface area contributed by atoms with Crippen molar-refractivity contribution in [2.75, 3.05) is 33.3 Å². The van der Waals surface area contributed by atoms with Gasteiger partial charge in [-0.1, -0.05) is 18.2 Å². The number of furan rings is 1. The monoisotopic (exact) mass is 410 g/mol. The Morgan fingerprint density at radius 1 is 1.10 bits per heavy atom. The SMILES string of the molecule is COc1cccc2cc(C(=O)N3CCN(C(=O)C4CC4c4cccs4)CC3)oc12. The number of ether oxygens (including phenoxy) is 1. The molecule has 1 aliphatic carbocycles. The molecule has 2 fully saturated rings. The highest BCUT2D eigenvalue weighted by molar-refractivity contribution is 7.10. The Morgan fingerprint density at radius 2 is 1.90 bits per heavy atom. The Kier molecular flexibility index (Phi) is 4.54. The number of benzene rings is 1. The molecule has 29 heavy (non-hydrogen) atoms. The first kappa shape index (κ1) is 18.2. The zero-order valence-corrected chi connectivity index (χ0v) is 17.0. The molecule has 6 nitrogen and oxygen atoms in total. The molecule has 1 saturated carbocycles. The van der Waals surface area contributed by atoms with E-state index < -0.39 is 0 Å². The van der Waals surface area contributed by atoms with Crippen LogP contribution in [0, 0.1) is 5.92 Å². The van der Waals surface area contributed by atoms with Crippen LogP contribution in [0.15, 0.2) is 46.2 Å². The van der Waals surface area contributed by atoms with E-state index in [1.165, 1.54) is 4.88 Å². The minimum absolute atomic E-state index is 0.110. The zero-order chi connectivity index (χ0) is 20.0. The van der Waals surface area contributed by atoms with E-state index in [4.69, 9.17) is 9.15 Å². The third kappa shape index (κ3) is 3.29. The zero-order valence-electron chi connectivity index (χ0n) is 16.2. The van der Waals surface area contributed by atoms with Gasteiger partial charge in [-0.05, 0) is 30.0 Å². The number of para-hydroxylation sites is 1. The number of hydrogen-bond acceptors (Lipinski definition) is 5. The lowest BCUT2D eigenvalue weighted by Crippen LogP contribution is -2.51. The minimum Gasteiger partial charge on any atom is -0.493 e. The lowest BCUT2D eigenvalue weighted by Gasteiger charge is -2.34. The molecule has 0 N–H and O–H groups in total. The predicted octanol–water partition coefficient (Wildman–Crippen LogP) is 3.59. The molecule has 0 spiro atoms. The number of rotatable bonds is 4. The Balaban J connectivity index is 1.22. The molecule has 2 unspecified atom stereocenters. The van der Waals surface area contributed by atoms with Crippen LogP contribution >= 0.6 is 11.3 Å². The van der Waals surface area contributed by atoms with Crippen molar-refractivity contribution >= 4 is 34.1 Å².